The number of hydrogen-bond donors (Lipinski definition) is 2. The highest BCUT2D eigenvalue weighted by atomic mass is 79.9. The molecule has 0 saturated carbocycles. The van der Waals surface area contributed by atoms with Crippen LogP contribution in [0.2, 0.25) is 0 Å². The second-order valence-corrected chi connectivity index (χ2v) is 7.78. The minimum absolute atomic E-state index is 0.352. The number of unbranched alkanes of at least 4 members (excludes halogenated alkanes) is 1. The average molecular weight is 327 g/mol. The fourth-order valence-electron chi connectivity index (χ4n) is 1.11. The second kappa shape index (κ2) is 6.11. The molecule has 1 heterocycles. The van der Waals surface area contributed by atoms with Crippen LogP contribution in [-0.2, 0) is 10.0 Å². The lowest BCUT2D eigenvalue weighted by molar-refractivity contribution is 0.579. The van der Waals surface area contributed by atoms with Gasteiger partial charge in [-0.2, -0.15) is 0 Å². The molecule has 1 aromatic heterocycles. The maximum Gasteiger partial charge on any atom is 0.250 e. The first-order valence-electron chi connectivity index (χ1n) is 4.93. The number of sulfonamides is 1. The monoisotopic (exact) mass is 326 g/mol. The minimum Gasteiger partial charge on any atom is -0.330 e. The molecule has 0 atom stereocenters. The van der Waals surface area contributed by atoms with Crippen molar-refractivity contribution in [3.05, 3.63) is 15.4 Å². The fourth-order valence-corrected chi connectivity index (χ4v) is 4.46. The van der Waals surface area contributed by atoms with Crippen molar-refractivity contribution in [2.24, 2.45) is 5.73 Å². The molecule has 4 nitrogen and oxygen atoms in total. The average Bonchev–Trinajstić information content (AvgIpc) is 2.55. The molecule has 0 radical (unpaired) electrons. The van der Waals surface area contributed by atoms with Gasteiger partial charge in [-0.25, -0.2) is 13.1 Å². The summed E-state index contributed by atoms with van der Waals surface area (Å²) in [5, 5.41) is 0. The van der Waals surface area contributed by atoms with Gasteiger partial charge in [0.2, 0.25) is 10.0 Å². The van der Waals surface area contributed by atoms with E-state index in [-0.39, 0.29) is 0 Å². The van der Waals surface area contributed by atoms with Crippen molar-refractivity contribution in [1.82, 2.24) is 4.72 Å². The zero-order valence-electron chi connectivity index (χ0n) is 8.99. The van der Waals surface area contributed by atoms with Gasteiger partial charge in [-0.05, 0) is 53.9 Å². The first-order valence-corrected chi connectivity index (χ1v) is 8.02. The molecular weight excluding hydrogens is 312 g/mol. The van der Waals surface area contributed by atoms with Gasteiger partial charge < -0.3 is 5.73 Å². The Labute approximate surface area is 108 Å². The molecule has 0 saturated heterocycles. The highest BCUT2D eigenvalue weighted by Crippen LogP contribution is 2.30. The summed E-state index contributed by atoms with van der Waals surface area (Å²) in [7, 11) is -3.34. The van der Waals surface area contributed by atoms with Crippen molar-refractivity contribution >= 4 is 37.3 Å². The van der Waals surface area contributed by atoms with E-state index in [1.807, 2.05) is 6.92 Å². The Morgan fingerprint density at radius 2 is 2.19 bits per heavy atom. The van der Waals surface area contributed by atoms with Crippen molar-refractivity contribution in [2.45, 2.75) is 24.0 Å². The summed E-state index contributed by atoms with van der Waals surface area (Å²) in [6.07, 6.45) is 1.59. The lowest BCUT2D eigenvalue weighted by Crippen LogP contribution is -2.24. The van der Waals surface area contributed by atoms with Crippen LogP contribution in [0.1, 0.15) is 18.4 Å². The van der Waals surface area contributed by atoms with E-state index >= 15 is 0 Å². The van der Waals surface area contributed by atoms with E-state index in [1.54, 1.807) is 6.07 Å². The van der Waals surface area contributed by atoms with E-state index in [0.29, 0.717) is 17.3 Å². The highest BCUT2D eigenvalue weighted by molar-refractivity contribution is 9.11. The van der Waals surface area contributed by atoms with E-state index in [4.69, 9.17) is 5.73 Å². The van der Waals surface area contributed by atoms with Gasteiger partial charge in [-0.3, -0.25) is 0 Å². The van der Waals surface area contributed by atoms with Crippen LogP contribution >= 0.6 is 27.3 Å². The van der Waals surface area contributed by atoms with Crippen LogP contribution in [0.3, 0.4) is 0 Å². The molecule has 7 heteroatoms. The molecular formula is C9H15BrN2O2S2. The normalized spacial score (nSPS) is 11.9. The zero-order valence-corrected chi connectivity index (χ0v) is 12.2. The third-order valence-electron chi connectivity index (χ3n) is 2.02. The van der Waals surface area contributed by atoms with Gasteiger partial charge in [-0.15, -0.1) is 11.3 Å². The first kappa shape index (κ1) is 14.1. The van der Waals surface area contributed by atoms with Crippen LogP contribution in [-0.4, -0.2) is 21.5 Å². The second-order valence-electron chi connectivity index (χ2n) is 3.42. The summed E-state index contributed by atoms with van der Waals surface area (Å²) in [4.78, 5) is 0. The van der Waals surface area contributed by atoms with Gasteiger partial charge in [0.05, 0.1) is 3.79 Å². The van der Waals surface area contributed by atoms with Gasteiger partial charge in [0.1, 0.15) is 4.21 Å². The summed E-state index contributed by atoms with van der Waals surface area (Å²) < 4.78 is 27.4. The summed E-state index contributed by atoms with van der Waals surface area (Å²) in [6, 6.07) is 1.67. The Bertz CT molecular complexity index is 423. The topological polar surface area (TPSA) is 72.2 Å². The Morgan fingerprint density at radius 3 is 2.69 bits per heavy atom. The molecule has 1 rings (SSSR count). The molecule has 3 N–H and O–H groups in total. The van der Waals surface area contributed by atoms with E-state index < -0.39 is 10.0 Å². The van der Waals surface area contributed by atoms with Gasteiger partial charge in [-0.1, -0.05) is 0 Å². The quantitative estimate of drug-likeness (QED) is 0.783. The smallest absolute Gasteiger partial charge is 0.250 e. The number of thiophene rings is 1. The molecule has 0 spiro atoms. The number of halogens is 1. The third-order valence-corrected chi connectivity index (χ3v) is 6.09. The molecule has 92 valence electrons. The van der Waals surface area contributed by atoms with Crippen LogP contribution in [0.25, 0.3) is 0 Å². The van der Waals surface area contributed by atoms with E-state index in [1.165, 1.54) is 11.3 Å². The molecule has 16 heavy (non-hydrogen) atoms. The van der Waals surface area contributed by atoms with Crippen LogP contribution in [0.5, 0.6) is 0 Å². The van der Waals surface area contributed by atoms with Crippen LogP contribution in [0.4, 0.5) is 0 Å². The summed E-state index contributed by atoms with van der Waals surface area (Å²) in [5.41, 5.74) is 6.27. The standard InChI is InChI=1S/C9H15BrN2O2S2/c1-7-6-8(15-9(7)10)16(13,14)12-5-3-2-4-11/h6,12H,2-5,11H2,1H3. The van der Waals surface area contributed by atoms with Gasteiger partial charge in [0.15, 0.2) is 0 Å². The molecule has 0 aliphatic carbocycles. The molecule has 0 fully saturated rings. The van der Waals surface area contributed by atoms with E-state index in [9.17, 15) is 8.42 Å². The van der Waals surface area contributed by atoms with Crippen molar-refractivity contribution in [1.29, 1.82) is 0 Å². The molecule has 0 aliphatic heterocycles. The zero-order chi connectivity index (χ0) is 12.2. The SMILES string of the molecule is Cc1cc(S(=O)(=O)NCCCCN)sc1Br. The van der Waals surface area contributed by atoms with Crippen molar-refractivity contribution < 1.29 is 8.42 Å². The van der Waals surface area contributed by atoms with Crippen molar-refractivity contribution in [2.75, 3.05) is 13.1 Å². The lowest BCUT2D eigenvalue weighted by Gasteiger charge is -2.03. The molecule has 1 aromatic rings. The molecule has 0 amide bonds. The third kappa shape index (κ3) is 3.81. The summed E-state index contributed by atoms with van der Waals surface area (Å²) >= 11 is 4.54. The molecule has 0 aliphatic rings. The predicted octanol–water partition coefficient (Wildman–Crippen LogP) is 1.84. The summed E-state index contributed by atoms with van der Waals surface area (Å²) in [6.45, 7) is 2.90. The number of hydrogen-bond acceptors (Lipinski definition) is 4. The van der Waals surface area contributed by atoms with Crippen molar-refractivity contribution in [3.63, 3.8) is 0 Å². The Kier molecular flexibility index (Phi) is 5.39. The maximum absolute atomic E-state index is 11.8. The number of nitrogens with two attached hydrogens (primary N) is 1. The largest absolute Gasteiger partial charge is 0.330 e. The maximum atomic E-state index is 11.8. The minimum atomic E-state index is -3.34. The van der Waals surface area contributed by atoms with Gasteiger partial charge in [0.25, 0.3) is 0 Å². The van der Waals surface area contributed by atoms with Crippen molar-refractivity contribution in [3.8, 4) is 0 Å². The van der Waals surface area contributed by atoms with Gasteiger partial charge >= 0.3 is 0 Å². The van der Waals surface area contributed by atoms with E-state index in [0.717, 1.165) is 22.2 Å². The van der Waals surface area contributed by atoms with E-state index in [2.05, 4.69) is 20.7 Å². The highest BCUT2D eigenvalue weighted by Gasteiger charge is 2.17. The Morgan fingerprint density at radius 1 is 1.50 bits per heavy atom. The van der Waals surface area contributed by atoms with Gasteiger partial charge in [0, 0.05) is 6.54 Å². The fraction of sp³-hybridized carbons (Fsp3) is 0.556. The van der Waals surface area contributed by atoms with Crippen LogP contribution in [0.15, 0.2) is 14.1 Å². The number of nitrogens with one attached hydrogen (secondary N) is 1. The predicted molar refractivity (Wildman–Crippen MR) is 70.2 cm³/mol. The molecule has 0 aromatic carbocycles. The van der Waals surface area contributed by atoms with Crippen LogP contribution < -0.4 is 10.5 Å². The number of rotatable bonds is 6. The Balaban J connectivity index is 2.64. The summed E-state index contributed by atoms with van der Waals surface area (Å²) in [5.74, 6) is 0. The Hall–Kier alpha value is 0.0500. The number of aryl methyl sites for hydroxylation is 1. The lowest BCUT2D eigenvalue weighted by atomic mass is 10.3. The molecule has 0 unspecified atom stereocenters. The first-order chi connectivity index (χ1) is 7.47. The van der Waals surface area contributed by atoms with Crippen LogP contribution in [0, 0.1) is 6.92 Å². The molecule has 0 bridgehead atoms.